The molecule has 1 aromatic heterocycles. The van der Waals surface area contributed by atoms with E-state index in [4.69, 9.17) is 16.3 Å². The average molecular weight is 366 g/mol. The van der Waals surface area contributed by atoms with E-state index < -0.39 is 0 Å². The molecule has 1 aliphatic heterocycles. The molecule has 1 amide bonds. The van der Waals surface area contributed by atoms with Crippen LogP contribution in [0.2, 0.25) is 5.02 Å². The third-order valence-corrected chi connectivity index (χ3v) is 4.44. The highest BCUT2D eigenvalue weighted by atomic mass is 35.5. The molecule has 3 aromatic rings. The van der Waals surface area contributed by atoms with Gasteiger partial charge in [0.25, 0.3) is 5.91 Å². The number of ether oxygens (including phenoxy) is 1. The number of amides is 1. The van der Waals surface area contributed by atoms with Gasteiger partial charge in [-0.25, -0.2) is 4.98 Å². The molecule has 0 radical (unpaired) electrons. The summed E-state index contributed by atoms with van der Waals surface area (Å²) in [5, 5.41) is 0.645. The minimum absolute atomic E-state index is 0.121. The van der Waals surface area contributed by atoms with Crippen molar-refractivity contribution in [2.24, 2.45) is 0 Å². The summed E-state index contributed by atoms with van der Waals surface area (Å²) < 4.78 is 5.73. The van der Waals surface area contributed by atoms with Gasteiger partial charge in [-0.05, 0) is 29.8 Å². The zero-order valence-electron chi connectivity index (χ0n) is 13.9. The van der Waals surface area contributed by atoms with Gasteiger partial charge in [0.15, 0.2) is 5.82 Å². The highest BCUT2D eigenvalue weighted by molar-refractivity contribution is 6.30. The topological polar surface area (TPSA) is 55.3 Å². The van der Waals surface area contributed by atoms with Crippen LogP contribution >= 0.6 is 11.6 Å². The second-order valence-electron chi connectivity index (χ2n) is 5.98. The van der Waals surface area contributed by atoms with E-state index in [1.54, 1.807) is 17.0 Å². The van der Waals surface area contributed by atoms with Crippen molar-refractivity contribution in [3.8, 4) is 17.3 Å². The number of benzene rings is 2. The minimum atomic E-state index is -0.121. The van der Waals surface area contributed by atoms with Crippen molar-refractivity contribution in [2.75, 3.05) is 13.2 Å². The fourth-order valence-electron chi connectivity index (χ4n) is 2.84. The molecular weight excluding hydrogens is 350 g/mol. The maximum absolute atomic E-state index is 12.9. The van der Waals surface area contributed by atoms with Gasteiger partial charge in [-0.15, -0.1) is 0 Å². The van der Waals surface area contributed by atoms with Crippen LogP contribution in [0.3, 0.4) is 0 Å². The van der Waals surface area contributed by atoms with E-state index in [2.05, 4.69) is 9.97 Å². The van der Waals surface area contributed by atoms with Crippen LogP contribution in [0, 0.1) is 0 Å². The van der Waals surface area contributed by atoms with E-state index in [0.717, 1.165) is 11.1 Å². The zero-order valence-corrected chi connectivity index (χ0v) is 14.7. The molecule has 130 valence electrons. The van der Waals surface area contributed by atoms with Crippen LogP contribution in [0.1, 0.15) is 15.9 Å². The number of aromatic nitrogens is 2. The number of fused-ring (bicyclic) bond motifs is 1. The van der Waals surface area contributed by atoms with Crippen molar-refractivity contribution in [1.29, 1.82) is 0 Å². The monoisotopic (exact) mass is 365 g/mol. The number of nitrogens with zero attached hydrogens (tertiary/aromatic N) is 3. The van der Waals surface area contributed by atoms with Crippen molar-refractivity contribution in [3.63, 3.8) is 0 Å². The van der Waals surface area contributed by atoms with Crippen LogP contribution in [0.25, 0.3) is 11.4 Å². The molecule has 0 fully saturated rings. The number of hydrogen-bond acceptors (Lipinski definition) is 4. The first-order valence-electron chi connectivity index (χ1n) is 8.30. The van der Waals surface area contributed by atoms with Crippen molar-refractivity contribution in [2.45, 2.75) is 6.54 Å². The third kappa shape index (κ3) is 3.39. The van der Waals surface area contributed by atoms with Crippen molar-refractivity contribution in [1.82, 2.24) is 14.9 Å². The molecule has 0 saturated heterocycles. The van der Waals surface area contributed by atoms with Gasteiger partial charge in [0.2, 0.25) is 5.88 Å². The molecule has 0 N–H and O–H groups in total. The largest absolute Gasteiger partial charge is 0.475 e. The summed E-state index contributed by atoms with van der Waals surface area (Å²) in [6.45, 7) is 1.42. The van der Waals surface area contributed by atoms with Gasteiger partial charge in [0.1, 0.15) is 12.2 Å². The van der Waals surface area contributed by atoms with Gasteiger partial charge >= 0.3 is 0 Å². The highest BCUT2D eigenvalue weighted by Gasteiger charge is 2.25. The van der Waals surface area contributed by atoms with Gasteiger partial charge in [-0.3, -0.25) is 4.79 Å². The predicted molar refractivity (Wildman–Crippen MR) is 99.2 cm³/mol. The summed E-state index contributed by atoms with van der Waals surface area (Å²) in [5.41, 5.74) is 2.28. The quantitative estimate of drug-likeness (QED) is 0.707. The second-order valence-corrected chi connectivity index (χ2v) is 6.42. The van der Waals surface area contributed by atoms with E-state index in [9.17, 15) is 4.79 Å². The van der Waals surface area contributed by atoms with E-state index in [-0.39, 0.29) is 5.91 Å². The Balaban J connectivity index is 1.62. The Bertz CT molecular complexity index is 930. The van der Waals surface area contributed by atoms with Crippen LogP contribution < -0.4 is 4.74 Å². The smallest absolute Gasteiger partial charge is 0.261 e. The maximum Gasteiger partial charge on any atom is 0.261 e. The predicted octanol–water partition coefficient (Wildman–Crippen LogP) is 3.83. The number of halogens is 1. The number of hydrogen-bond donors (Lipinski definition) is 0. The molecule has 4 rings (SSSR count). The van der Waals surface area contributed by atoms with Gasteiger partial charge in [0.05, 0.1) is 6.54 Å². The Hall–Kier alpha value is -2.92. The fourth-order valence-corrected chi connectivity index (χ4v) is 2.97. The molecule has 0 saturated carbocycles. The summed E-state index contributed by atoms with van der Waals surface area (Å²) in [4.78, 5) is 23.4. The molecule has 1 aliphatic rings. The van der Waals surface area contributed by atoms with Crippen LogP contribution in [-0.2, 0) is 6.54 Å². The van der Waals surface area contributed by atoms with Crippen LogP contribution in [0.5, 0.6) is 5.88 Å². The van der Waals surface area contributed by atoms with E-state index in [1.807, 2.05) is 42.5 Å². The normalized spacial score (nSPS) is 13.7. The Morgan fingerprint density at radius 1 is 1.08 bits per heavy atom. The molecule has 0 unspecified atom stereocenters. The van der Waals surface area contributed by atoms with Crippen LogP contribution in [-0.4, -0.2) is 33.9 Å². The van der Waals surface area contributed by atoms with Gasteiger partial charge in [0, 0.05) is 23.3 Å². The summed E-state index contributed by atoms with van der Waals surface area (Å²) in [7, 11) is 0. The summed E-state index contributed by atoms with van der Waals surface area (Å²) in [6, 6.07) is 17.1. The van der Waals surface area contributed by atoms with E-state index in [1.165, 1.54) is 6.20 Å². The Labute approximate surface area is 156 Å². The maximum atomic E-state index is 12.9. The first kappa shape index (κ1) is 16.5. The van der Waals surface area contributed by atoms with Gasteiger partial charge < -0.3 is 9.64 Å². The lowest BCUT2D eigenvalue weighted by Gasteiger charge is -2.19. The van der Waals surface area contributed by atoms with E-state index in [0.29, 0.717) is 42.0 Å². The second kappa shape index (κ2) is 7.14. The molecule has 0 bridgehead atoms. The van der Waals surface area contributed by atoms with Gasteiger partial charge in [-0.2, -0.15) is 4.98 Å². The number of carbonyl (C=O) groups is 1. The number of carbonyl (C=O) groups excluding carboxylic acids is 1. The Kier molecular flexibility index (Phi) is 4.54. The molecule has 6 heteroatoms. The molecular formula is C20H16ClN3O2. The lowest BCUT2D eigenvalue weighted by molar-refractivity contribution is 0.0742. The molecule has 5 nitrogen and oxygen atoms in total. The van der Waals surface area contributed by atoms with Gasteiger partial charge in [-0.1, -0.05) is 41.9 Å². The Morgan fingerprint density at radius 2 is 1.85 bits per heavy atom. The SMILES string of the molecule is O=C1c2cnc(-c3ccc(Cl)cc3)nc2OCCN1Cc1ccccc1. The fraction of sp³-hybridized carbons (Fsp3) is 0.150. The van der Waals surface area contributed by atoms with Crippen molar-refractivity contribution >= 4 is 17.5 Å². The van der Waals surface area contributed by atoms with E-state index >= 15 is 0 Å². The van der Waals surface area contributed by atoms with Crippen molar-refractivity contribution in [3.05, 3.63) is 76.9 Å². The van der Waals surface area contributed by atoms with Crippen LogP contribution in [0.15, 0.2) is 60.8 Å². The summed E-state index contributed by atoms with van der Waals surface area (Å²) >= 11 is 5.92. The minimum Gasteiger partial charge on any atom is -0.475 e. The molecule has 2 aromatic carbocycles. The first-order chi connectivity index (χ1) is 12.7. The molecule has 26 heavy (non-hydrogen) atoms. The third-order valence-electron chi connectivity index (χ3n) is 4.19. The van der Waals surface area contributed by atoms with Crippen molar-refractivity contribution < 1.29 is 9.53 Å². The number of rotatable bonds is 3. The van der Waals surface area contributed by atoms with Crippen LogP contribution in [0.4, 0.5) is 0 Å². The Morgan fingerprint density at radius 3 is 2.62 bits per heavy atom. The molecule has 0 atom stereocenters. The standard InChI is InChI=1S/C20H16ClN3O2/c21-16-8-6-15(7-9-16)18-22-12-17-19(23-18)26-11-10-24(20(17)25)13-14-4-2-1-3-5-14/h1-9,12H,10-11,13H2. The molecule has 0 spiro atoms. The average Bonchev–Trinajstić information content (AvgIpc) is 2.82. The first-order valence-corrected chi connectivity index (χ1v) is 8.67. The summed E-state index contributed by atoms with van der Waals surface area (Å²) in [5.74, 6) is 0.708. The lowest BCUT2D eigenvalue weighted by atomic mass is 10.2. The molecule has 0 aliphatic carbocycles. The highest BCUT2D eigenvalue weighted by Crippen LogP contribution is 2.25. The molecule has 2 heterocycles. The summed E-state index contributed by atoms with van der Waals surface area (Å²) in [6.07, 6.45) is 1.54. The lowest BCUT2D eigenvalue weighted by Crippen LogP contribution is -2.31. The zero-order chi connectivity index (χ0) is 17.9.